The minimum absolute atomic E-state index is 0.0586. The Bertz CT molecular complexity index is 671. The molecule has 0 atom stereocenters. The van der Waals surface area contributed by atoms with Crippen LogP contribution in [0.15, 0.2) is 28.3 Å². The molecule has 1 aliphatic rings. The SMILES string of the molecule is O=c1[nH]c(SCc2cccnc2F)nc2c1CCC2. The summed E-state index contributed by atoms with van der Waals surface area (Å²) in [6, 6.07) is 3.37. The van der Waals surface area contributed by atoms with Crippen molar-refractivity contribution < 1.29 is 4.39 Å². The summed E-state index contributed by atoms with van der Waals surface area (Å²) >= 11 is 1.32. The van der Waals surface area contributed by atoms with Gasteiger partial charge >= 0.3 is 0 Å². The van der Waals surface area contributed by atoms with Crippen LogP contribution in [0.3, 0.4) is 0 Å². The fourth-order valence-corrected chi connectivity index (χ4v) is 3.01. The maximum Gasteiger partial charge on any atom is 0.254 e. The molecule has 4 nitrogen and oxygen atoms in total. The van der Waals surface area contributed by atoms with Gasteiger partial charge in [-0.15, -0.1) is 0 Å². The first-order chi connectivity index (χ1) is 9.24. The zero-order valence-corrected chi connectivity index (χ0v) is 11.0. The molecule has 3 rings (SSSR count). The first-order valence-electron chi connectivity index (χ1n) is 6.08. The Morgan fingerprint density at radius 1 is 1.42 bits per heavy atom. The van der Waals surface area contributed by atoms with Gasteiger partial charge in [-0.25, -0.2) is 9.97 Å². The number of aromatic nitrogens is 3. The minimum Gasteiger partial charge on any atom is -0.301 e. The maximum atomic E-state index is 13.4. The van der Waals surface area contributed by atoms with Crippen LogP contribution in [0.4, 0.5) is 4.39 Å². The van der Waals surface area contributed by atoms with Gasteiger partial charge in [0.1, 0.15) is 0 Å². The van der Waals surface area contributed by atoms with Gasteiger partial charge in [0.2, 0.25) is 5.95 Å². The van der Waals surface area contributed by atoms with Gasteiger partial charge in [-0.2, -0.15) is 4.39 Å². The van der Waals surface area contributed by atoms with E-state index in [0.717, 1.165) is 30.5 Å². The summed E-state index contributed by atoms with van der Waals surface area (Å²) in [5, 5.41) is 0.550. The molecule has 0 fully saturated rings. The van der Waals surface area contributed by atoms with Crippen molar-refractivity contribution in [3.63, 3.8) is 0 Å². The number of nitrogens with one attached hydrogen (secondary N) is 1. The quantitative estimate of drug-likeness (QED) is 0.530. The topological polar surface area (TPSA) is 58.6 Å². The highest BCUT2D eigenvalue weighted by Gasteiger charge is 2.17. The Labute approximate surface area is 113 Å². The Morgan fingerprint density at radius 2 is 2.32 bits per heavy atom. The molecule has 0 bridgehead atoms. The van der Waals surface area contributed by atoms with Crippen molar-refractivity contribution in [1.29, 1.82) is 0 Å². The van der Waals surface area contributed by atoms with E-state index < -0.39 is 5.95 Å². The number of aromatic amines is 1. The highest BCUT2D eigenvalue weighted by atomic mass is 32.2. The van der Waals surface area contributed by atoms with Crippen LogP contribution in [-0.2, 0) is 18.6 Å². The molecule has 6 heteroatoms. The van der Waals surface area contributed by atoms with E-state index in [-0.39, 0.29) is 5.56 Å². The molecule has 0 unspecified atom stereocenters. The Hall–Kier alpha value is -1.69. The lowest BCUT2D eigenvalue weighted by atomic mass is 10.3. The smallest absolute Gasteiger partial charge is 0.254 e. The second-order valence-corrected chi connectivity index (χ2v) is 5.36. The lowest BCUT2D eigenvalue weighted by Crippen LogP contribution is -2.14. The van der Waals surface area contributed by atoms with Gasteiger partial charge in [0.15, 0.2) is 5.16 Å². The Morgan fingerprint density at radius 3 is 3.16 bits per heavy atom. The number of hydrogen-bond donors (Lipinski definition) is 1. The van der Waals surface area contributed by atoms with Crippen molar-refractivity contribution in [3.8, 4) is 0 Å². The minimum atomic E-state index is -0.474. The van der Waals surface area contributed by atoms with Crippen molar-refractivity contribution in [1.82, 2.24) is 15.0 Å². The number of halogens is 1. The second-order valence-electron chi connectivity index (χ2n) is 4.39. The Balaban J connectivity index is 1.80. The van der Waals surface area contributed by atoms with Crippen molar-refractivity contribution in [2.45, 2.75) is 30.2 Å². The molecule has 1 aliphatic carbocycles. The fourth-order valence-electron chi connectivity index (χ4n) is 2.16. The summed E-state index contributed by atoms with van der Waals surface area (Å²) in [6.07, 6.45) is 4.06. The van der Waals surface area contributed by atoms with Gasteiger partial charge < -0.3 is 4.98 Å². The summed E-state index contributed by atoms with van der Waals surface area (Å²) in [7, 11) is 0. The molecular formula is C13H12FN3OS. The van der Waals surface area contributed by atoms with Crippen molar-refractivity contribution in [2.24, 2.45) is 0 Å². The van der Waals surface area contributed by atoms with Crippen LogP contribution in [0.5, 0.6) is 0 Å². The lowest BCUT2D eigenvalue weighted by molar-refractivity contribution is 0.573. The molecule has 98 valence electrons. The third-order valence-corrected chi connectivity index (χ3v) is 4.04. The molecule has 0 amide bonds. The zero-order chi connectivity index (χ0) is 13.2. The highest BCUT2D eigenvalue weighted by Crippen LogP contribution is 2.22. The molecule has 19 heavy (non-hydrogen) atoms. The summed E-state index contributed by atoms with van der Waals surface area (Å²) in [6.45, 7) is 0. The molecule has 2 aromatic rings. The number of pyridine rings is 1. The van der Waals surface area contributed by atoms with Crippen LogP contribution >= 0.6 is 11.8 Å². The number of rotatable bonds is 3. The number of thioether (sulfide) groups is 1. The van der Waals surface area contributed by atoms with Gasteiger partial charge in [0.25, 0.3) is 5.56 Å². The van der Waals surface area contributed by atoms with E-state index in [9.17, 15) is 9.18 Å². The van der Waals surface area contributed by atoms with Crippen LogP contribution in [-0.4, -0.2) is 15.0 Å². The first kappa shape index (κ1) is 12.3. The molecule has 0 aliphatic heterocycles. The molecule has 2 heterocycles. The average molecular weight is 277 g/mol. The molecule has 0 radical (unpaired) electrons. The summed E-state index contributed by atoms with van der Waals surface area (Å²) < 4.78 is 13.4. The molecule has 0 spiro atoms. The normalized spacial score (nSPS) is 13.5. The third-order valence-electron chi connectivity index (χ3n) is 3.12. The highest BCUT2D eigenvalue weighted by molar-refractivity contribution is 7.98. The van der Waals surface area contributed by atoms with E-state index in [2.05, 4.69) is 15.0 Å². The standard InChI is InChI=1S/C13H12FN3OS/c14-11-8(3-2-6-15-11)7-19-13-16-10-5-1-4-9(10)12(18)17-13/h2-3,6H,1,4-5,7H2,(H,16,17,18). The molecule has 2 aromatic heterocycles. The van der Waals surface area contributed by atoms with Crippen LogP contribution in [0.25, 0.3) is 0 Å². The number of nitrogens with zero attached hydrogens (tertiary/aromatic N) is 2. The number of hydrogen-bond acceptors (Lipinski definition) is 4. The molecule has 1 N–H and O–H groups in total. The van der Waals surface area contributed by atoms with Crippen LogP contribution < -0.4 is 5.56 Å². The van der Waals surface area contributed by atoms with E-state index >= 15 is 0 Å². The largest absolute Gasteiger partial charge is 0.301 e. The first-order valence-corrected chi connectivity index (χ1v) is 7.07. The van der Waals surface area contributed by atoms with Gasteiger partial charge in [0, 0.05) is 23.1 Å². The zero-order valence-electron chi connectivity index (χ0n) is 10.1. The number of fused-ring (bicyclic) bond motifs is 1. The van der Waals surface area contributed by atoms with E-state index in [1.54, 1.807) is 12.1 Å². The van der Waals surface area contributed by atoms with E-state index in [4.69, 9.17) is 0 Å². The van der Waals surface area contributed by atoms with Crippen molar-refractivity contribution >= 4 is 11.8 Å². The number of H-pyrrole nitrogens is 1. The monoisotopic (exact) mass is 277 g/mol. The van der Waals surface area contributed by atoms with Crippen LogP contribution in [0.1, 0.15) is 23.2 Å². The summed E-state index contributed by atoms with van der Waals surface area (Å²) in [5.74, 6) is -0.0694. The lowest BCUT2D eigenvalue weighted by Gasteiger charge is -2.04. The predicted molar refractivity (Wildman–Crippen MR) is 70.6 cm³/mol. The molecular weight excluding hydrogens is 265 g/mol. The van der Waals surface area contributed by atoms with E-state index in [1.807, 2.05) is 0 Å². The van der Waals surface area contributed by atoms with E-state index in [0.29, 0.717) is 16.5 Å². The molecule has 0 saturated heterocycles. The van der Waals surface area contributed by atoms with Gasteiger partial charge in [0.05, 0.1) is 5.69 Å². The molecule has 0 saturated carbocycles. The third kappa shape index (κ3) is 2.53. The second kappa shape index (κ2) is 5.13. The predicted octanol–water partition coefficient (Wildman–Crippen LogP) is 2.08. The van der Waals surface area contributed by atoms with Crippen molar-refractivity contribution in [3.05, 3.63) is 51.5 Å². The van der Waals surface area contributed by atoms with Crippen LogP contribution in [0.2, 0.25) is 0 Å². The maximum absolute atomic E-state index is 13.4. The summed E-state index contributed by atoms with van der Waals surface area (Å²) in [4.78, 5) is 22.6. The van der Waals surface area contributed by atoms with Crippen molar-refractivity contribution in [2.75, 3.05) is 0 Å². The van der Waals surface area contributed by atoms with Crippen LogP contribution in [0, 0.1) is 5.95 Å². The fraction of sp³-hybridized carbons (Fsp3) is 0.308. The average Bonchev–Trinajstić information content (AvgIpc) is 2.87. The van der Waals surface area contributed by atoms with Gasteiger partial charge in [-0.1, -0.05) is 17.8 Å². The Kier molecular flexibility index (Phi) is 3.33. The van der Waals surface area contributed by atoms with E-state index in [1.165, 1.54) is 18.0 Å². The van der Waals surface area contributed by atoms with Gasteiger partial charge in [-0.05, 0) is 25.3 Å². The number of aryl methyl sites for hydroxylation is 1. The molecule has 0 aromatic carbocycles. The summed E-state index contributed by atoms with van der Waals surface area (Å²) in [5.41, 5.74) is 2.14. The van der Waals surface area contributed by atoms with Gasteiger partial charge in [-0.3, -0.25) is 4.79 Å².